The number of ether oxygens (including phenoxy) is 3. The third kappa shape index (κ3) is 1.89. The van der Waals surface area contributed by atoms with Crippen molar-refractivity contribution in [3.05, 3.63) is 52.6 Å². The molecule has 3 aliphatic rings. The number of benzene rings is 2. The van der Waals surface area contributed by atoms with Gasteiger partial charge in [-0.3, -0.25) is 4.90 Å². The molecule has 0 amide bonds. The summed E-state index contributed by atoms with van der Waals surface area (Å²) in [4.78, 5) is 2.59. The molecule has 2 atom stereocenters. The van der Waals surface area contributed by atoms with Crippen LogP contribution in [0.4, 0.5) is 0 Å². The molecule has 0 N–H and O–H groups in total. The van der Waals surface area contributed by atoms with E-state index in [9.17, 15) is 0 Å². The van der Waals surface area contributed by atoms with Crippen molar-refractivity contribution in [2.75, 3.05) is 20.4 Å². The first-order valence-electron chi connectivity index (χ1n) is 8.58. The Bertz CT molecular complexity index is 817. The van der Waals surface area contributed by atoms with E-state index in [0.29, 0.717) is 18.8 Å². The van der Waals surface area contributed by atoms with Gasteiger partial charge >= 0.3 is 0 Å². The third-order valence-electron chi connectivity index (χ3n) is 5.73. The molecule has 124 valence electrons. The SMILES string of the molecule is COc1ccc2c(c1)CCN1Cc3c(ccc4c3OCO4)C(C)C21. The van der Waals surface area contributed by atoms with Crippen LogP contribution in [0.5, 0.6) is 17.2 Å². The van der Waals surface area contributed by atoms with Gasteiger partial charge in [-0.05, 0) is 41.3 Å². The van der Waals surface area contributed by atoms with Gasteiger partial charge in [0.15, 0.2) is 11.5 Å². The number of hydrogen-bond acceptors (Lipinski definition) is 4. The number of nitrogens with zero attached hydrogens (tertiary/aromatic N) is 1. The normalized spacial score (nSPS) is 24.1. The largest absolute Gasteiger partial charge is 0.497 e. The average Bonchev–Trinajstić information content (AvgIpc) is 3.10. The van der Waals surface area contributed by atoms with Gasteiger partial charge < -0.3 is 14.2 Å². The Labute approximate surface area is 141 Å². The molecule has 0 bridgehead atoms. The second-order valence-electron chi connectivity index (χ2n) is 6.89. The highest BCUT2D eigenvalue weighted by molar-refractivity contribution is 5.55. The van der Waals surface area contributed by atoms with Gasteiger partial charge in [0.2, 0.25) is 6.79 Å². The van der Waals surface area contributed by atoms with E-state index < -0.39 is 0 Å². The molecule has 0 fully saturated rings. The number of fused-ring (bicyclic) bond motifs is 6. The molecule has 0 saturated carbocycles. The molecule has 2 aromatic rings. The highest BCUT2D eigenvalue weighted by Gasteiger charge is 2.39. The summed E-state index contributed by atoms with van der Waals surface area (Å²) in [6, 6.07) is 11.2. The topological polar surface area (TPSA) is 30.9 Å². The van der Waals surface area contributed by atoms with Crippen molar-refractivity contribution in [2.24, 2.45) is 0 Å². The molecule has 5 rings (SSSR count). The van der Waals surface area contributed by atoms with E-state index in [-0.39, 0.29) is 0 Å². The quantitative estimate of drug-likeness (QED) is 0.802. The van der Waals surface area contributed by atoms with Crippen molar-refractivity contribution < 1.29 is 14.2 Å². The third-order valence-corrected chi connectivity index (χ3v) is 5.73. The fraction of sp³-hybridized carbons (Fsp3) is 0.400. The molecule has 24 heavy (non-hydrogen) atoms. The van der Waals surface area contributed by atoms with Crippen LogP contribution in [0.1, 0.15) is 41.1 Å². The standard InChI is InChI=1S/C20H21NO3/c1-12-15-5-6-18-20(24-11-23-18)17(15)10-21-8-7-13-9-14(22-2)3-4-16(13)19(12)21/h3-6,9,12,19H,7-8,10-11H2,1-2H3. The average molecular weight is 323 g/mol. The molecule has 3 aliphatic heterocycles. The van der Waals surface area contributed by atoms with Gasteiger partial charge in [0.1, 0.15) is 5.75 Å². The maximum absolute atomic E-state index is 5.76. The zero-order valence-corrected chi connectivity index (χ0v) is 14.0. The van der Waals surface area contributed by atoms with Crippen LogP contribution < -0.4 is 14.2 Å². The Kier molecular flexibility index (Phi) is 3.04. The van der Waals surface area contributed by atoms with Gasteiger partial charge in [0, 0.05) is 30.6 Å². The fourth-order valence-electron chi connectivity index (χ4n) is 4.59. The summed E-state index contributed by atoms with van der Waals surface area (Å²) in [7, 11) is 1.74. The van der Waals surface area contributed by atoms with Crippen LogP contribution in [0.25, 0.3) is 0 Å². The molecule has 0 aliphatic carbocycles. The number of methoxy groups -OCH3 is 1. The van der Waals surface area contributed by atoms with Gasteiger partial charge in [-0.2, -0.15) is 0 Å². The molecule has 2 aromatic carbocycles. The molecule has 0 radical (unpaired) electrons. The predicted molar refractivity (Wildman–Crippen MR) is 90.8 cm³/mol. The Hall–Kier alpha value is -2.20. The maximum Gasteiger partial charge on any atom is 0.231 e. The molecular weight excluding hydrogens is 302 g/mol. The van der Waals surface area contributed by atoms with Crippen molar-refractivity contribution >= 4 is 0 Å². The fourth-order valence-corrected chi connectivity index (χ4v) is 4.59. The lowest BCUT2D eigenvalue weighted by Crippen LogP contribution is -2.41. The number of rotatable bonds is 1. The zero-order chi connectivity index (χ0) is 16.3. The van der Waals surface area contributed by atoms with Crippen molar-refractivity contribution in [3.63, 3.8) is 0 Å². The van der Waals surface area contributed by atoms with Gasteiger partial charge in [0.05, 0.1) is 7.11 Å². The number of hydrogen-bond donors (Lipinski definition) is 0. The van der Waals surface area contributed by atoms with Crippen molar-refractivity contribution in [3.8, 4) is 17.2 Å². The molecular formula is C20H21NO3. The highest BCUT2D eigenvalue weighted by Crippen LogP contribution is 2.50. The smallest absolute Gasteiger partial charge is 0.231 e. The molecule has 0 saturated heterocycles. The minimum absolute atomic E-state index is 0.340. The molecule has 4 nitrogen and oxygen atoms in total. The lowest BCUT2D eigenvalue weighted by atomic mass is 9.77. The Balaban J connectivity index is 1.61. The summed E-state index contributed by atoms with van der Waals surface area (Å²) in [5.41, 5.74) is 5.57. The Morgan fingerprint density at radius 3 is 2.88 bits per heavy atom. The van der Waals surface area contributed by atoms with Crippen LogP contribution in [0.15, 0.2) is 30.3 Å². The van der Waals surface area contributed by atoms with Gasteiger partial charge in [-0.25, -0.2) is 0 Å². The minimum atomic E-state index is 0.340. The summed E-state index contributed by atoms with van der Waals surface area (Å²) < 4.78 is 16.7. The van der Waals surface area contributed by atoms with Crippen LogP contribution in [0.2, 0.25) is 0 Å². The molecule has 2 unspecified atom stereocenters. The monoisotopic (exact) mass is 323 g/mol. The van der Waals surface area contributed by atoms with Crippen LogP contribution in [0.3, 0.4) is 0 Å². The van der Waals surface area contributed by atoms with Crippen LogP contribution in [-0.2, 0) is 13.0 Å². The Morgan fingerprint density at radius 2 is 2.00 bits per heavy atom. The molecule has 0 spiro atoms. The van der Waals surface area contributed by atoms with Gasteiger partial charge in [0.25, 0.3) is 0 Å². The van der Waals surface area contributed by atoms with Crippen molar-refractivity contribution in [1.29, 1.82) is 0 Å². The van der Waals surface area contributed by atoms with E-state index in [1.54, 1.807) is 7.11 Å². The van der Waals surface area contributed by atoms with E-state index in [0.717, 1.165) is 36.8 Å². The van der Waals surface area contributed by atoms with E-state index in [1.807, 2.05) is 0 Å². The highest BCUT2D eigenvalue weighted by atomic mass is 16.7. The first-order valence-corrected chi connectivity index (χ1v) is 8.58. The molecule has 0 aromatic heterocycles. The second-order valence-corrected chi connectivity index (χ2v) is 6.89. The molecule has 3 heterocycles. The van der Waals surface area contributed by atoms with Gasteiger partial charge in [-0.1, -0.05) is 19.1 Å². The van der Waals surface area contributed by atoms with E-state index in [1.165, 1.54) is 22.3 Å². The van der Waals surface area contributed by atoms with Crippen molar-refractivity contribution in [2.45, 2.75) is 31.8 Å². The van der Waals surface area contributed by atoms with Crippen LogP contribution in [-0.4, -0.2) is 25.3 Å². The predicted octanol–water partition coefficient (Wildman–Crippen LogP) is 3.64. The van der Waals surface area contributed by atoms with Crippen LogP contribution in [0, 0.1) is 0 Å². The van der Waals surface area contributed by atoms with Gasteiger partial charge in [-0.15, -0.1) is 0 Å². The zero-order valence-electron chi connectivity index (χ0n) is 14.0. The Morgan fingerprint density at radius 1 is 1.12 bits per heavy atom. The summed E-state index contributed by atoms with van der Waals surface area (Å²) in [5.74, 6) is 3.23. The van der Waals surface area contributed by atoms with Crippen molar-refractivity contribution in [1.82, 2.24) is 4.90 Å². The summed E-state index contributed by atoms with van der Waals surface area (Å²) >= 11 is 0. The molecule has 4 heteroatoms. The first kappa shape index (κ1) is 14.2. The second kappa shape index (κ2) is 5.15. The lowest BCUT2D eigenvalue weighted by Gasteiger charge is -2.45. The summed E-state index contributed by atoms with van der Waals surface area (Å²) in [6.45, 7) is 4.67. The maximum atomic E-state index is 5.76. The summed E-state index contributed by atoms with van der Waals surface area (Å²) in [5, 5.41) is 0. The minimum Gasteiger partial charge on any atom is -0.497 e. The summed E-state index contributed by atoms with van der Waals surface area (Å²) in [6.07, 6.45) is 1.07. The van der Waals surface area contributed by atoms with Crippen LogP contribution >= 0.6 is 0 Å². The first-order chi connectivity index (χ1) is 11.8. The van der Waals surface area contributed by atoms with E-state index >= 15 is 0 Å². The van der Waals surface area contributed by atoms with E-state index in [2.05, 4.69) is 42.2 Å². The lowest BCUT2D eigenvalue weighted by molar-refractivity contribution is 0.134. The van der Waals surface area contributed by atoms with E-state index in [4.69, 9.17) is 14.2 Å².